The van der Waals surface area contributed by atoms with Crippen molar-refractivity contribution < 1.29 is 17.9 Å². The van der Waals surface area contributed by atoms with E-state index in [0.29, 0.717) is 17.9 Å². The maximum atomic E-state index is 13.1. The number of anilines is 2. The minimum atomic E-state index is -3.68. The van der Waals surface area contributed by atoms with Gasteiger partial charge >= 0.3 is 0 Å². The number of benzene rings is 2. The molecule has 0 radical (unpaired) electrons. The summed E-state index contributed by atoms with van der Waals surface area (Å²) >= 11 is 0. The van der Waals surface area contributed by atoms with Gasteiger partial charge < -0.3 is 10.1 Å². The van der Waals surface area contributed by atoms with Gasteiger partial charge in [-0.05, 0) is 62.6 Å². The lowest BCUT2D eigenvalue weighted by molar-refractivity contribution is -0.117. The first kappa shape index (κ1) is 21.8. The summed E-state index contributed by atoms with van der Waals surface area (Å²) in [5, 5.41) is 2.93. The van der Waals surface area contributed by atoms with Gasteiger partial charge in [0.2, 0.25) is 15.9 Å². The highest BCUT2D eigenvalue weighted by Gasteiger charge is 2.32. The lowest BCUT2D eigenvalue weighted by Gasteiger charge is -2.30. The Morgan fingerprint density at radius 2 is 1.64 bits per heavy atom. The average Bonchev–Trinajstić information content (AvgIpc) is 2.61. The predicted molar refractivity (Wildman–Crippen MR) is 114 cm³/mol. The zero-order valence-electron chi connectivity index (χ0n) is 17.2. The third-order valence-electron chi connectivity index (χ3n) is 4.58. The van der Waals surface area contributed by atoms with E-state index < -0.39 is 16.1 Å². The van der Waals surface area contributed by atoms with Crippen LogP contribution in [-0.2, 0) is 14.8 Å². The van der Waals surface area contributed by atoms with Crippen LogP contribution in [0.5, 0.6) is 5.75 Å². The van der Waals surface area contributed by atoms with E-state index in [-0.39, 0.29) is 5.91 Å². The van der Waals surface area contributed by atoms with Gasteiger partial charge in [-0.15, -0.1) is 0 Å². The smallest absolute Gasteiger partial charge is 0.248 e. The number of amides is 1. The molecule has 0 aromatic heterocycles. The number of hydrogen-bond acceptors (Lipinski definition) is 4. The highest BCUT2D eigenvalue weighted by Crippen LogP contribution is 2.27. The van der Waals surface area contributed by atoms with Crippen LogP contribution in [0.4, 0.5) is 11.4 Å². The SMILES string of the molecule is CCC(C(=O)Nc1c(C)cc(C)cc1C)N(c1ccc(OC)cc1)S(C)(=O)=O. The maximum absolute atomic E-state index is 13.1. The van der Waals surface area contributed by atoms with Crippen LogP contribution in [0.25, 0.3) is 0 Å². The molecule has 1 unspecified atom stereocenters. The number of carbonyl (C=O) groups excluding carboxylic acids is 1. The summed E-state index contributed by atoms with van der Waals surface area (Å²) in [6.45, 7) is 7.64. The van der Waals surface area contributed by atoms with E-state index in [9.17, 15) is 13.2 Å². The quantitative estimate of drug-likeness (QED) is 0.761. The zero-order valence-corrected chi connectivity index (χ0v) is 18.1. The van der Waals surface area contributed by atoms with Crippen molar-refractivity contribution in [3.8, 4) is 5.75 Å². The molecular weight excluding hydrogens is 376 g/mol. The largest absolute Gasteiger partial charge is 0.497 e. The normalized spacial score (nSPS) is 12.4. The maximum Gasteiger partial charge on any atom is 0.248 e. The summed E-state index contributed by atoms with van der Waals surface area (Å²) in [6.07, 6.45) is 1.43. The molecule has 6 nitrogen and oxygen atoms in total. The second-order valence-electron chi connectivity index (χ2n) is 6.94. The van der Waals surface area contributed by atoms with E-state index >= 15 is 0 Å². The van der Waals surface area contributed by atoms with Crippen LogP contribution in [0, 0.1) is 20.8 Å². The fourth-order valence-electron chi connectivity index (χ4n) is 3.37. The zero-order chi connectivity index (χ0) is 21.1. The first-order valence-electron chi connectivity index (χ1n) is 9.10. The number of rotatable bonds is 7. The first-order valence-corrected chi connectivity index (χ1v) is 11.0. The Bertz CT molecular complexity index is 930. The number of methoxy groups -OCH3 is 1. The Balaban J connectivity index is 2.42. The number of ether oxygens (including phenoxy) is 1. The second kappa shape index (κ2) is 8.65. The van der Waals surface area contributed by atoms with Crippen molar-refractivity contribution in [3.05, 3.63) is 53.1 Å². The highest BCUT2D eigenvalue weighted by atomic mass is 32.2. The van der Waals surface area contributed by atoms with Gasteiger partial charge in [-0.1, -0.05) is 24.6 Å². The van der Waals surface area contributed by atoms with Gasteiger partial charge in [0.15, 0.2) is 0 Å². The van der Waals surface area contributed by atoms with Gasteiger partial charge in [0.1, 0.15) is 11.8 Å². The lowest BCUT2D eigenvalue weighted by atomic mass is 10.0. The van der Waals surface area contributed by atoms with Crippen LogP contribution in [0.2, 0.25) is 0 Å². The van der Waals surface area contributed by atoms with Crippen LogP contribution >= 0.6 is 0 Å². The molecule has 0 spiro atoms. The Labute approximate surface area is 167 Å². The van der Waals surface area contributed by atoms with Crippen molar-refractivity contribution in [1.29, 1.82) is 0 Å². The van der Waals surface area contributed by atoms with Crippen LogP contribution in [-0.4, -0.2) is 33.7 Å². The Morgan fingerprint density at radius 1 is 1.11 bits per heavy atom. The van der Waals surface area contributed by atoms with Gasteiger partial charge in [-0.25, -0.2) is 8.42 Å². The molecule has 0 bridgehead atoms. The van der Waals surface area contributed by atoms with Crippen molar-refractivity contribution in [2.45, 2.75) is 40.2 Å². The van der Waals surface area contributed by atoms with Crippen LogP contribution in [0.1, 0.15) is 30.0 Å². The minimum Gasteiger partial charge on any atom is -0.497 e. The van der Waals surface area contributed by atoms with Crippen molar-refractivity contribution in [2.24, 2.45) is 0 Å². The topological polar surface area (TPSA) is 75.7 Å². The molecule has 1 atom stereocenters. The fraction of sp³-hybridized carbons (Fsp3) is 0.381. The summed E-state index contributed by atoms with van der Waals surface area (Å²) in [6, 6.07) is 9.72. The van der Waals surface area contributed by atoms with Gasteiger partial charge in [0.25, 0.3) is 0 Å². The Hall–Kier alpha value is -2.54. The molecule has 0 aliphatic heterocycles. The Morgan fingerprint density at radius 3 is 2.07 bits per heavy atom. The monoisotopic (exact) mass is 404 g/mol. The molecule has 0 saturated heterocycles. The molecular formula is C21H28N2O4S. The minimum absolute atomic E-state index is 0.328. The molecule has 1 amide bonds. The molecule has 28 heavy (non-hydrogen) atoms. The number of sulfonamides is 1. The summed E-state index contributed by atoms with van der Waals surface area (Å²) in [5.41, 5.74) is 4.13. The predicted octanol–water partition coefficient (Wildman–Crippen LogP) is 3.80. The standard InChI is InChI=1S/C21H28N2O4S/c1-7-19(21(24)22-20-15(3)12-14(2)13-16(20)4)23(28(6,25)26)17-8-10-18(27-5)11-9-17/h8-13,19H,7H2,1-6H3,(H,22,24). The van der Waals surface area contributed by atoms with Crippen molar-refractivity contribution in [3.63, 3.8) is 0 Å². The summed E-state index contributed by atoms with van der Waals surface area (Å²) in [5.74, 6) is 0.249. The van der Waals surface area contributed by atoms with Crippen molar-refractivity contribution in [2.75, 3.05) is 23.0 Å². The Kier molecular flexibility index (Phi) is 6.72. The van der Waals surface area contributed by atoms with E-state index in [1.165, 1.54) is 11.4 Å². The summed E-state index contributed by atoms with van der Waals surface area (Å²) < 4.78 is 31.4. The van der Waals surface area contributed by atoms with Crippen LogP contribution in [0.15, 0.2) is 36.4 Å². The molecule has 2 rings (SSSR count). The van der Waals surface area contributed by atoms with Crippen molar-refractivity contribution in [1.82, 2.24) is 0 Å². The molecule has 152 valence electrons. The summed E-state index contributed by atoms with van der Waals surface area (Å²) in [7, 11) is -2.14. The first-order chi connectivity index (χ1) is 13.1. The summed E-state index contributed by atoms with van der Waals surface area (Å²) in [4.78, 5) is 13.1. The number of nitrogens with zero attached hydrogens (tertiary/aromatic N) is 1. The molecule has 0 aliphatic carbocycles. The lowest BCUT2D eigenvalue weighted by Crippen LogP contribution is -2.47. The van der Waals surface area contributed by atoms with Gasteiger partial charge in [0, 0.05) is 5.69 Å². The van der Waals surface area contributed by atoms with Crippen LogP contribution < -0.4 is 14.4 Å². The van der Waals surface area contributed by atoms with Gasteiger partial charge in [-0.2, -0.15) is 0 Å². The van der Waals surface area contributed by atoms with E-state index in [4.69, 9.17) is 4.74 Å². The third-order valence-corrected chi connectivity index (χ3v) is 5.76. The highest BCUT2D eigenvalue weighted by molar-refractivity contribution is 7.92. The number of carbonyl (C=O) groups is 1. The van der Waals surface area contributed by atoms with Gasteiger partial charge in [-0.3, -0.25) is 9.10 Å². The molecule has 2 aromatic rings. The van der Waals surface area contributed by atoms with E-state index in [0.717, 1.165) is 28.6 Å². The van der Waals surface area contributed by atoms with Crippen molar-refractivity contribution >= 4 is 27.3 Å². The average molecular weight is 405 g/mol. The number of hydrogen-bond donors (Lipinski definition) is 1. The fourth-order valence-corrected chi connectivity index (χ4v) is 4.58. The van der Waals surface area contributed by atoms with E-state index in [1.54, 1.807) is 31.2 Å². The molecule has 0 saturated carbocycles. The van der Waals surface area contributed by atoms with Gasteiger partial charge in [0.05, 0.1) is 19.1 Å². The molecule has 0 fully saturated rings. The third kappa shape index (κ3) is 4.84. The molecule has 2 aromatic carbocycles. The molecule has 0 aliphatic rings. The molecule has 7 heteroatoms. The van der Waals surface area contributed by atoms with E-state index in [1.807, 2.05) is 32.9 Å². The number of aryl methyl sites for hydroxylation is 3. The molecule has 0 heterocycles. The molecule has 1 N–H and O–H groups in total. The number of nitrogens with one attached hydrogen (secondary N) is 1. The van der Waals surface area contributed by atoms with Crippen LogP contribution in [0.3, 0.4) is 0 Å². The second-order valence-corrected chi connectivity index (χ2v) is 8.80. The van der Waals surface area contributed by atoms with E-state index in [2.05, 4.69) is 5.32 Å².